The lowest BCUT2D eigenvalue weighted by molar-refractivity contribution is 0.0952. The van der Waals surface area contributed by atoms with Gasteiger partial charge in [-0.25, -0.2) is 0 Å². The van der Waals surface area contributed by atoms with Crippen LogP contribution in [0.5, 0.6) is 0 Å². The monoisotopic (exact) mass is 277 g/mol. The second kappa shape index (κ2) is 7.85. The van der Waals surface area contributed by atoms with Crippen molar-refractivity contribution in [1.82, 2.24) is 10.3 Å². The first-order chi connectivity index (χ1) is 9.81. The van der Waals surface area contributed by atoms with Crippen LogP contribution >= 0.6 is 0 Å². The Kier molecular flexibility index (Phi) is 5.80. The average molecular weight is 277 g/mol. The molecule has 0 unspecified atom stereocenters. The van der Waals surface area contributed by atoms with Crippen LogP contribution < -0.4 is 10.2 Å². The molecule has 0 aliphatic carbocycles. The number of anilines is 1. The molecule has 5 nitrogen and oxygen atoms in total. The summed E-state index contributed by atoms with van der Waals surface area (Å²) in [6.45, 7) is 6.04. The van der Waals surface area contributed by atoms with E-state index in [4.69, 9.17) is 4.74 Å². The van der Waals surface area contributed by atoms with Gasteiger partial charge < -0.3 is 15.0 Å². The van der Waals surface area contributed by atoms with Crippen molar-refractivity contribution in [2.75, 3.05) is 37.7 Å². The van der Waals surface area contributed by atoms with Crippen LogP contribution in [0.25, 0.3) is 0 Å². The molecular weight excluding hydrogens is 254 g/mol. The van der Waals surface area contributed by atoms with Gasteiger partial charge in [0.1, 0.15) is 0 Å². The fraction of sp³-hybridized carbons (Fsp3) is 0.600. The van der Waals surface area contributed by atoms with E-state index in [0.29, 0.717) is 5.56 Å². The summed E-state index contributed by atoms with van der Waals surface area (Å²) in [6.07, 6.45) is 6.76. The quantitative estimate of drug-likeness (QED) is 0.806. The first kappa shape index (κ1) is 14.8. The maximum Gasteiger partial charge on any atom is 0.252 e. The molecule has 0 radical (unpaired) electrons. The summed E-state index contributed by atoms with van der Waals surface area (Å²) < 4.78 is 5.33. The Bertz CT molecular complexity index is 431. The standard InChI is InChI=1S/C15H23N3O2/c1-2-3-4-5-17-15(19)13-10-14(12-16-11-13)18-6-8-20-9-7-18/h10-12H,2-9H2,1H3,(H,17,19). The van der Waals surface area contributed by atoms with Gasteiger partial charge in [-0.15, -0.1) is 0 Å². The maximum atomic E-state index is 12.0. The molecule has 110 valence electrons. The van der Waals surface area contributed by atoms with Gasteiger partial charge in [0, 0.05) is 25.8 Å². The van der Waals surface area contributed by atoms with Crippen LogP contribution in [-0.4, -0.2) is 43.7 Å². The van der Waals surface area contributed by atoms with E-state index >= 15 is 0 Å². The highest BCUT2D eigenvalue weighted by Gasteiger charge is 2.13. The molecule has 1 aliphatic heterocycles. The Labute approximate surface area is 120 Å². The topological polar surface area (TPSA) is 54.5 Å². The second-order valence-corrected chi connectivity index (χ2v) is 4.99. The molecule has 2 rings (SSSR count). The van der Waals surface area contributed by atoms with Crippen molar-refractivity contribution in [2.24, 2.45) is 0 Å². The summed E-state index contributed by atoms with van der Waals surface area (Å²) >= 11 is 0. The summed E-state index contributed by atoms with van der Waals surface area (Å²) in [6, 6.07) is 1.91. The zero-order valence-electron chi connectivity index (χ0n) is 12.1. The van der Waals surface area contributed by atoms with Crippen molar-refractivity contribution >= 4 is 11.6 Å². The third-order valence-electron chi connectivity index (χ3n) is 3.43. The first-order valence-electron chi connectivity index (χ1n) is 7.37. The Morgan fingerprint density at radius 3 is 2.90 bits per heavy atom. The number of nitrogens with one attached hydrogen (secondary N) is 1. The molecule has 1 saturated heterocycles. The van der Waals surface area contributed by atoms with E-state index in [9.17, 15) is 4.79 Å². The Morgan fingerprint density at radius 2 is 2.15 bits per heavy atom. The van der Waals surface area contributed by atoms with Gasteiger partial charge in [-0.05, 0) is 12.5 Å². The zero-order valence-corrected chi connectivity index (χ0v) is 12.1. The van der Waals surface area contributed by atoms with Gasteiger partial charge in [0.15, 0.2) is 0 Å². The number of nitrogens with zero attached hydrogens (tertiary/aromatic N) is 2. The van der Waals surface area contributed by atoms with Crippen molar-refractivity contribution in [3.63, 3.8) is 0 Å². The number of amides is 1. The predicted molar refractivity (Wildman–Crippen MR) is 79.1 cm³/mol. The van der Waals surface area contributed by atoms with Gasteiger partial charge >= 0.3 is 0 Å². The third kappa shape index (κ3) is 4.20. The van der Waals surface area contributed by atoms with E-state index in [0.717, 1.165) is 57.8 Å². The highest BCUT2D eigenvalue weighted by molar-refractivity contribution is 5.94. The van der Waals surface area contributed by atoms with Gasteiger partial charge in [0.05, 0.1) is 30.7 Å². The van der Waals surface area contributed by atoms with E-state index in [1.807, 2.05) is 6.07 Å². The summed E-state index contributed by atoms with van der Waals surface area (Å²) in [5.74, 6) is -0.0382. The van der Waals surface area contributed by atoms with Crippen LogP contribution in [0.1, 0.15) is 36.5 Å². The molecule has 5 heteroatoms. The molecule has 1 aliphatic rings. The molecule has 0 bridgehead atoms. The molecule has 1 amide bonds. The van der Waals surface area contributed by atoms with Gasteiger partial charge in [-0.3, -0.25) is 9.78 Å². The van der Waals surface area contributed by atoms with Crippen molar-refractivity contribution < 1.29 is 9.53 Å². The average Bonchev–Trinajstić information content (AvgIpc) is 2.52. The Hall–Kier alpha value is -1.62. The number of carbonyl (C=O) groups is 1. The van der Waals surface area contributed by atoms with E-state index in [2.05, 4.69) is 22.1 Å². The van der Waals surface area contributed by atoms with Crippen molar-refractivity contribution in [1.29, 1.82) is 0 Å². The van der Waals surface area contributed by atoms with Crippen molar-refractivity contribution in [3.8, 4) is 0 Å². The molecular formula is C15H23N3O2. The first-order valence-corrected chi connectivity index (χ1v) is 7.37. The van der Waals surface area contributed by atoms with Crippen LogP contribution in [0, 0.1) is 0 Å². The van der Waals surface area contributed by atoms with Crippen molar-refractivity contribution in [3.05, 3.63) is 24.0 Å². The normalized spacial score (nSPS) is 15.2. The van der Waals surface area contributed by atoms with Crippen LogP contribution in [-0.2, 0) is 4.74 Å². The smallest absolute Gasteiger partial charge is 0.252 e. The van der Waals surface area contributed by atoms with Crippen molar-refractivity contribution in [2.45, 2.75) is 26.2 Å². The molecule has 2 heterocycles. The Morgan fingerprint density at radius 1 is 1.35 bits per heavy atom. The number of rotatable bonds is 6. The number of aromatic nitrogens is 1. The number of carbonyl (C=O) groups excluding carboxylic acids is 1. The summed E-state index contributed by atoms with van der Waals surface area (Å²) in [5.41, 5.74) is 1.62. The predicted octanol–water partition coefficient (Wildman–Crippen LogP) is 1.84. The summed E-state index contributed by atoms with van der Waals surface area (Å²) in [5, 5.41) is 2.94. The third-order valence-corrected chi connectivity index (χ3v) is 3.43. The number of hydrogen-bond donors (Lipinski definition) is 1. The number of morpholine rings is 1. The van der Waals surface area contributed by atoms with Crippen LogP contribution in [0.3, 0.4) is 0 Å². The molecule has 0 aromatic carbocycles. The lowest BCUT2D eigenvalue weighted by Gasteiger charge is -2.28. The lowest BCUT2D eigenvalue weighted by Crippen LogP contribution is -2.36. The largest absolute Gasteiger partial charge is 0.378 e. The minimum Gasteiger partial charge on any atom is -0.378 e. The second-order valence-electron chi connectivity index (χ2n) is 4.99. The molecule has 20 heavy (non-hydrogen) atoms. The van der Waals surface area contributed by atoms with Gasteiger partial charge in [-0.2, -0.15) is 0 Å². The molecule has 0 atom stereocenters. The molecule has 1 N–H and O–H groups in total. The molecule has 0 saturated carbocycles. The molecule has 1 aromatic heterocycles. The van der Waals surface area contributed by atoms with Crippen LogP contribution in [0.4, 0.5) is 5.69 Å². The highest BCUT2D eigenvalue weighted by Crippen LogP contribution is 2.16. The van der Waals surface area contributed by atoms with Gasteiger partial charge in [0.25, 0.3) is 5.91 Å². The van der Waals surface area contributed by atoms with Gasteiger partial charge in [0.2, 0.25) is 0 Å². The number of ether oxygens (including phenoxy) is 1. The van der Waals surface area contributed by atoms with Crippen LogP contribution in [0.2, 0.25) is 0 Å². The maximum absolute atomic E-state index is 12.0. The van der Waals surface area contributed by atoms with E-state index in [-0.39, 0.29) is 5.91 Å². The van der Waals surface area contributed by atoms with Crippen LogP contribution in [0.15, 0.2) is 18.5 Å². The SMILES string of the molecule is CCCCCNC(=O)c1cncc(N2CCOCC2)c1. The fourth-order valence-electron chi connectivity index (χ4n) is 2.23. The molecule has 1 aromatic rings. The lowest BCUT2D eigenvalue weighted by atomic mass is 10.2. The van der Waals surface area contributed by atoms with E-state index in [1.165, 1.54) is 0 Å². The fourth-order valence-corrected chi connectivity index (χ4v) is 2.23. The van der Waals surface area contributed by atoms with E-state index < -0.39 is 0 Å². The number of hydrogen-bond acceptors (Lipinski definition) is 4. The summed E-state index contributed by atoms with van der Waals surface area (Å²) in [7, 11) is 0. The minimum absolute atomic E-state index is 0.0382. The number of unbranched alkanes of at least 4 members (excludes halogenated alkanes) is 2. The minimum atomic E-state index is -0.0382. The zero-order chi connectivity index (χ0) is 14.2. The number of pyridine rings is 1. The van der Waals surface area contributed by atoms with Gasteiger partial charge in [-0.1, -0.05) is 19.8 Å². The summed E-state index contributed by atoms with van der Waals surface area (Å²) in [4.78, 5) is 18.4. The highest BCUT2D eigenvalue weighted by atomic mass is 16.5. The molecule has 0 spiro atoms. The Balaban J connectivity index is 1.92. The van der Waals surface area contributed by atoms with E-state index in [1.54, 1.807) is 12.4 Å². The molecule has 1 fully saturated rings.